The Morgan fingerprint density at radius 1 is 1.28 bits per heavy atom. The predicted octanol–water partition coefficient (Wildman–Crippen LogP) is 3.74. The number of benzene rings is 1. The largest absolute Gasteiger partial charge is 0.435 e. The molecule has 9 heteroatoms. The van der Waals surface area contributed by atoms with Gasteiger partial charge in [-0.1, -0.05) is 17.9 Å². The second-order valence-electron chi connectivity index (χ2n) is 8.53. The Morgan fingerprint density at radius 2 is 2.00 bits per heavy atom. The molecule has 172 valence electrons. The molecule has 0 saturated heterocycles. The summed E-state index contributed by atoms with van der Waals surface area (Å²) in [6.07, 6.45) is -3.68. The molecule has 0 radical (unpaired) electrons. The van der Waals surface area contributed by atoms with Gasteiger partial charge in [-0.2, -0.15) is 18.3 Å². The second-order valence-corrected chi connectivity index (χ2v) is 8.53. The maximum atomic E-state index is 13.2. The quantitative estimate of drug-likeness (QED) is 0.727. The molecule has 0 bridgehead atoms. The van der Waals surface area contributed by atoms with Crippen LogP contribution in [0, 0.1) is 11.8 Å². The summed E-state index contributed by atoms with van der Waals surface area (Å²) in [5.41, 5.74) is -0.0713. The van der Waals surface area contributed by atoms with E-state index in [1.807, 2.05) is 18.2 Å². The number of hydrogen-bond donors (Lipinski definition) is 1. The maximum Gasteiger partial charge on any atom is 0.435 e. The Bertz CT molecular complexity index is 1060. The standard InChI is InChI=1S/C23H27F3N4O2/c1-15(2)30-11-12-32-14-18-16(7-6-8-19(18)30)9-10-22(3,4)27-21(31)17-13-29(5)28-20(17)23(24,25)26/h6-8,13,15H,11-12,14H2,1-5H3,(H,27,31). The first-order chi connectivity index (χ1) is 14.9. The van der Waals surface area contributed by atoms with Crippen LogP contribution in [0.15, 0.2) is 24.4 Å². The van der Waals surface area contributed by atoms with E-state index in [2.05, 4.69) is 41.0 Å². The summed E-state index contributed by atoms with van der Waals surface area (Å²) in [6, 6.07) is 6.11. The summed E-state index contributed by atoms with van der Waals surface area (Å²) >= 11 is 0. The van der Waals surface area contributed by atoms with E-state index in [0.717, 1.165) is 34.2 Å². The summed E-state index contributed by atoms with van der Waals surface area (Å²) in [5, 5.41) is 5.96. The van der Waals surface area contributed by atoms with Gasteiger partial charge in [0.1, 0.15) is 0 Å². The van der Waals surface area contributed by atoms with Gasteiger partial charge in [0.05, 0.1) is 24.3 Å². The van der Waals surface area contributed by atoms with Crippen LogP contribution in [-0.4, -0.2) is 40.4 Å². The number of hydrogen-bond acceptors (Lipinski definition) is 4. The molecule has 0 atom stereocenters. The molecule has 0 saturated carbocycles. The van der Waals surface area contributed by atoms with Crippen LogP contribution in [0.2, 0.25) is 0 Å². The fourth-order valence-electron chi connectivity index (χ4n) is 3.58. The molecule has 1 aromatic carbocycles. The second kappa shape index (κ2) is 8.87. The van der Waals surface area contributed by atoms with E-state index in [-0.39, 0.29) is 6.04 Å². The molecule has 6 nitrogen and oxygen atoms in total. The number of amides is 1. The van der Waals surface area contributed by atoms with Crippen molar-refractivity contribution < 1.29 is 22.7 Å². The number of rotatable bonds is 3. The number of aromatic nitrogens is 2. The highest BCUT2D eigenvalue weighted by Gasteiger charge is 2.39. The molecular weight excluding hydrogens is 421 g/mol. The van der Waals surface area contributed by atoms with Crippen molar-refractivity contribution in [2.24, 2.45) is 7.05 Å². The Kier molecular flexibility index (Phi) is 6.56. The fraction of sp³-hybridized carbons (Fsp3) is 0.478. The fourth-order valence-corrected chi connectivity index (χ4v) is 3.58. The Morgan fingerprint density at radius 3 is 2.66 bits per heavy atom. The third-order valence-corrected chi connectivity index (χ3v) is 5.08. The number of anilines is 1. The van der Waals surface area contributed by atoms with Crippen molar-refractivity contribution in [1.29, 1.82) is 0 Å². The van der Waals surface area contributed by atoms with Gasteiger partial charge in [-0.3, -0.25) is 9.48 Å². The van der Waals surface area contributed by atoms with Gasteiger partial charge < -0.3 is 15.0 Å². The minimum atomic E-state index is -4.73. The van der Waals surface area contributed by atoms with Crippen molar-refractivity contribution in [3.05, 3.63) is 46.8 Å². The van der Waals surface area contributed by atoms with Crippen LogP contribution >= 0.6 is 0 Å². The summed E-state index contributed by atoms with van der Waals surface area (Å²) in [6.45, 7) is 9.30. The molecule has 2 aromatic rings. The molecular formula is C23H27F3N4O2. The molecule has 1 N–H and O–H groups in total. The smallest absolute Gasteiger partial charge is 0.375 e. The first-order valence-electron chi connectivity index (χ1n) is 10.3. The minimum absolute atomic E-state index is 0.289. The molecule has 0 fully saturated rings. The number of carbonyl (C=O) groups is 1. The lowest BCUT2D eigenvalue weighted by molar-refractivity contribution is -0.141. The maximum absolute atomic E-state index is 13.2. The number of fused-ring (bicyclic) bond motifs is 1. The van der Waals surface area contributed by atoms with Crippen LogP contribution in [0.1, 0.15) is 54.9 Å². The van der Waals surface area contributed by atoms with E-state index >= 15 is 0 Å². The normalized spacial score (nSPS) is 14.5. The number of nitrogens with one attached hydrogen (secondary N) is 1. The van der Waals surface area contributed by atoms with Crippen molar-refractivity contribution in [3.8, 4) is 11.8 Å². The van der Waals surface area contributed by atoms with Crippen LogP contribution in [-0.2, 0) is 24.6 Å². The van der Waals surface area contributed by atoms with Crippen molar-refractivity contribution in [2.75, 3.05) is 18.1 Å². The van der Waals surface area contributed by atoms with E-state index < -0.39 is 28.9 Å². The van der Waals surface area contributed by atoms with Gasteiger partial charge in [0, 0.05) is 42.6 Å². The zero-order chi connectivity index (χ0) is 23.7. The third-order valence-electron chi connectivity index (χ3n) is 5.08. The van der Waals surface area contributed by atoms with Crippen LogP contribution in [0.3, 0.4) is 0 Å². The number of alkyl halides is 3. The molecule has 2 heterocycles. The lowest BCUT2D eigenvalue weighted by Crippen LogP contribution is -2.42. The molecule has 32 heavy (non-hydrogen) atoms. The van der Waals surface area contributed by atoms with E-state index in [1.54, 1.807) is 13.8 Å². The summed E-state index contributed by atoms with van der Waals surface area (Å²) in [4.78, 5) is 14.8. The molecule has 0 spiro atoms. The Hall–Kier alpha value is -2.99. The number of halogens is 3. The van der Waals surface area contributed by atoms with Gasteiger partial charge in [-0.15, -0.1) is 0 Å². The van der Waals surface area contributed by atoms with E-state index in [9.17, 15) is 18.0 Å². The number of ether oxygens (including phenoxy) is 1. The molecule has 3 rings (SSSR count). The Labute approximate surface area is 185 Å². The van der Waals surface area contributed by atoms with Gasteiger partial charge in [-0.05, 0) is 39.8 Å². The van der Waals surface area contributed by atoms with Gasteiger partial charge >= 0.3 is 6.18 Å². The summed E-state index contributed by atoms with van der Waals surface area (Å²) in [7, 11) is 1.33. The monoisotopic (exact) mass is 448 g/mol. The highest BCUT2D eigenvalue weighted by Crippen LogP contribution is 2.31. The van der Waals surface area contributed by atoms with Gasteiger partial charge in [0.25, 0.3) is 5.91 Å². The number of nitrogens with zero attached hydrogens (tertiary/aromatic N) is 3. The zero-order valence-electron chi connectivity index (χ0n) is 18.8. The first-order valence-corrected chi connectivity index (χ1v) is 10.3. The van der Waals surface area contributed by atoms with Crippen molar-refractivity contribution in [1.82, 2.24) is 15.1 Å². The molecule has 1 aromatic heterocycles. The summed E-state index contributed by atoms with van der Waals surface area (Å²) in [5.74, 6) is 5.20. The highest BCUT2D eigenvalue weighted by atomic mass is 19.4. The van der Waals surface area contributed by atoms with Gasteiger partial charge in [-0.25, -0.2) is 0 Å². The van der Waals surface area contributed by atoms with Crippen molar-refractivity contribution in [2.45, 2.75) is 52.1 Å². The van der Waals surface area contributed by atoms with Crippen LogP contribution in [0.25, 0.3) is 0 Å². The lowest BCUT2D eigenvalue weighted by Gasteiger charge is -2.28. The lowest BCUT2D eigenvalue weighted by atomic mass is 10.0. The molecule has 0 aliphatic carbocycles. The van der Waals surface area contributed by atoms with Crippen LogP contribution in [0.5, 0.6) is 0 Å². The first kappa shape index (κ1) is 23.7. The van der Waals surface area contributed by atoms with Crippen molar-refractivity contribution in [3.63, 3.8) is 0 Å². The topological polar surface area (TPSA) is 59.4 Å². The molecule has 1 aliphatic heterocycles. The average Bonchev–Trinajstić information content (AvgIpc) is 2.96. The molecule has 1 aliphatic rings. The molecule has 0 unspecified atom stereocenters. The summed E-state index contributed by atoms with van der Waals surface area (Å²) < 4.78 is 46.3. The Balaban J connectivity index is 1.88. The number of aryl methyl sites for hydroxylation is 1. The average molecular weight is 448 g/mol. The predicted molar refractivity (Wildman–Crippen MR) is 115 cm³/mol. The minimum Gasteiger partial charge on any atom is -0.375 e. The van der Waals surface area contributed by atoms with Gasteiger partial charge in [0.15, 0.2) is 5.69 Å². The third kappa shape index (κ3) is 5.25. The molecule has 1 amide bonds. The number of carbonyl (C=O) groups excluding carboxylic acids is 1. The van der Waals surface area contributed by atoms with E-state index in [4.69, 9.17) is 4.74 Å². The van der Waals surface area contributed by atoms with Crippen molar-refractivity contribution >= 4 is 11.6 Å². The van der Waals surface area contributed by atoms with Gasteiger partial charge in [0.2, 0.25) is 0 Å². The van der Waals surface area contributed by atoms with Crippen LogP contribution < -0.4 is 10.2 Å². The van der Waals surface area contributed by atoms with E-state index in [0.29, 0.717) is 13.2 Å². The van der Waals surface area contributed by atoms with E-state index in [1.165, 1.54) is 7.05 Å². The van der Waals surface area contributed by atoms with Crippen LogP contribution in [0.4, 0.5) is 18.9 Å². The SMILES string of the molecule is CC(C)N1CCOCc2c(C#CC(C)(C)NC(=O)c3cn(C)nc3C(F)(F)F)cccc21. The zero-order valence-corrected chi connectivity index (χ0v) is 18.8. The highest BCUT2D eigenvalue weighted by molar-refractivity contribution is 5.96.